The van der Waals surface area contributed by atoms with Crippen LogP contribution >= 0.6 is 34.5 Å². The van der Waals surface area contributed by atoms with Gasteiger partial charge in [0.2, 0.25) is 0 Å². The van der Waals surface area contributed by atoms with E-state index in [0.29, 0.717) is 5.88 Å². The molecule has 0 radical (unpaired) electrons. The van der Waals surface area contributed by atoms with Gasteiger partial charge in [0, 0.05) is 21.2 Å². The number of alkyl halides is 1. The van der Waals surface area contributed by atoms with Crippen LogP contribution in [0.2, 0.25) is 5.02 Å². The largest absolute Gasteiger partial charge is 0.483 e. The molecule has 3 aromatic rings. The van der Waals surface area contributed by atoms with Crippen LogP contribution in [0.4, 0.5) is 0 Å². The summed E-state index contributed by atoms with van der Waals surface area (Å²) in [6.07, 6.45) is -0.128. The highest BCUT2D eigenvalue weighted by Crippen LogP contribution is 2.34. The van der Waals surface area contributed by atoms with E-state index < -0.39 is 0 Å². The molecule has 1 unspecified atom stereocenters. The van der Waals surface area contributed by atoms with E-state index in [4.69, 9.17) is 27.9 Å². The maximum atomic E-state index is 6.22. The summed E-state index contributed by atoms with van der Waals surface area (Å²) < 4.78 is 6.07. The summed E-state index contributed by atoms with van der Waals surface area (Å²) in [7, 11) is 0. The standard InChI is InChI=1S/C16H13Cl2NOS/c1-10(16-19-11(8-17)9-21-16)20-15-7-6-14(18)12-4-2-3-5-13(12)15/h2-7,9-10H,8H2,1H3. The molecular formula is C16H13Cl2NOS. The summed E-state index contributed by atoms with van der Waals surface area (Å²) in [6, 6.07) is 11.7. The first-order valence-electron chi connectivity index (χ1n) is 6.53. The van der Waals surface area contributed by atoms with Crippen molar-refractivity contribution in [1.82, 2.24) is 4.98 Å². The number of ether oxygens (including phenoxy) is 1. The van der Waals surface area contributed by atoms with Gasteiger partial charge in [-0.25, -0.2) is 4.98 Å². The van der Waals surface area contributed by atoms with Crippen LogP contribution < -0.4 is 4.74 Å². The van der Waals surface area contributed by atoms with Crippen molar-refractivity contribution in [2.45, 2.75) is 18.9 Å². The Morgan fingerprint density at radius 2 is 1.95 bits per heavy atom. The Hall–Kier alpha value is -1.29. The van der Waals surface area contributed by atoms with E-state index in [1.807, 2.05) is 48.7 Å². The minimum atomic E-state index is -0.128. The van der Waals surface area contributed by atoms with Crippen LogP contribution in [0.25, 0.3) is 10.8 Å². The maximum Gasteiger partial charge on any atom is 0.147 e. The SMILES string of the molecule is CC(Oc1ccc(Cl)c2ccccc12)c1nc(CCl)cs1. The van der Waals surface area contributed by atoms with Gasteiger partial charge >= 0.3 is 0 Å². The van der Waals surface area contributed by atoms with Gasteiger partial charge in [-0.1, -0.05) is 35.9 Å². The summed E-state index contributed by atoms with van der Waals surface area (Å²) in [4.78, 5) is 4.46. The van der Waals surface area contributed by atoms with E-state index in [2.05, 4.69) is 4.98 Å². The lowest BCUT2D eigenvalue weighted by Gasteiger charge is -2.15. The molecule has 21 heavy (non-hydrogen) atoms. The molecular weight excluding hydrogens is 325 g/mol. The second-order valence-electron chi connectivity index (χ2n) is 4.66. The lowest BCUT2D eigenvalue weighted by molar-refractivity contribution is 0.229. The Labute approximate surface area is 137 Å². The van der Waals surface area contributed by atoms with Crippen molar-refractivity contribution in [2.75, 3.05) is 0 Å². The van der Waals surface area contributed by atoms with E-state index in [1.54, 1.807) is 11.3 Å². The monoisotopic (exact) mass is 337 g/mol. The third kappa shape index (κ3) is 3.00. The van der Waals surface area contributed by atoms with Crippen LogP contribution in [0, 0.1) is 0 Å². The van der Waals surface area contributed by atoms with Crippen LogP contribution in [0.3, 0.4) is 0 Å². The van der Waals surface area contributed by atoms with Gasteiger partial charge in [-0.2, -0.15) is 0 Å². The van der Waals surface area contributed by atoms with Crippen LogP contribution in [0.1, 0.15) is 23.7 Å². The highest BCUT2D eigenvalue weighted by Gasteiger charge is 2.14. The van der Waals surface area contributed by atoms with Crippen molar-refractivity contribution in [1.29, 1.82) is 0 Å². The van der Waals surface area contributed by atoms with Gasteiger partial charge in [0.1, 0.15) is 16.9 Å². The van der Waals surface area contributed by atoms with Crippen molar-refractivity contribution in [3.8, 4) is 5.75 Å². The molecule has 0 aliphatic heterocycles. The quantitative estimate of drug-likeness (QED) is 0.559. The molecule has 0 aliphatic rings. The van der Waals surface area contributed by atoms with E-state index in [1.165, 1.54) is 0 Å². The molecule has 0 fully saturated rings. The summed E-state index contributed by atoms with van der Waals surface area (Å²) in [5, 5.41) is 5.60. The van der Waals surface area contributed by atoms with Gasteiger partial charge in [-0.05, 0) is 19.1 Å². The summed E-state index contributed by atoms with van der Waals surface area (Å²) in [5.41, 5.74) is 0.882. The Morgan fingerprint density at radius 1 is 1.19 bits per heavy atom. The fourth-order valence-electron chi connectivity index (χ4n) is 2.15. The predicted molar refractivity (Wildman–Crippen MR) is 89.7 cm³/mol. The Balaban J connectivity index is 1.92. The molecule has 1 heterocycles. The number of aromatic nitrogens is 1. The minimum absolute atomic E-state index is 0.128. The number of rotatable bonds is 4. The molecule has 0 saturated carbocycles. The van der Waals surface area contributed by atoms with Gasteiger partial charge in [0.15, 0.2) is 0 Å². The lowest BCUT2D eigenvalue weighted by Crippen LogP contribution is -2.03. The molecule has 1 aromatic heterocycles. The van der Waals surface area contributed by atoms with Gasteiger partial charge in [-0.3, -0.25) is 0 Å². The fourth-order valence-corrected chi connectivity index (χ4v) is 3.41. The number of benzene rings is 2. The molecule has 0 aliphatic carbocycles. The lowest BCUT2D eigenvalue weighted by atomic mass is 10.1. The third-order valence-corrected chi connectivity index (χ3v) is 4.85. The molecule has 0 bridgehead atoms. The normalized spacial score (nSPS) is 12.5. The number of thiazole rings is 1. The van der Waals surface area contributed by atoms with E-state index >= 15 is 0 Å². The number of fused-ring (bicyclic) bond motifs is 1. The van der Waals surface area contributed by atoms with Crippen LogP contribution in [0.5, 0.6) is 5.75 Å². The summed E-state index contributed by atoms with van der Waals surface area (Å²) >= 11 is 13.6. The van der Waals surface area contributed by atoms with Gasteiger partial charge < -0.3 is 4.74 Å². The van der Waals surface area contributed by atoms with Crippen LogP contribution in [-0.2, 0) is 5.88 Å². The Kier molecular flexibility index (Phi) is 4.34. The zero-order chi connectivity index (χ0) is 14.8. The van der Waals surface area contributed by atoms with Crippen LogP contribution in [-0.4, -0.2) is 4.98 Å². The first kappa shape index (κ1) is 14.6. The summed E-state index contributed by atoms with van der Waals surface area (Å²) in [6.45, 7) is 1.99. The van der Waals surface area contributed by atoms with Crippen molar-refractivity contribution >= 4 is 45.3 Å². The van der Waals surface area contributed by atoms with Crippen molar-refractivity contribution < 1.29 is 4.74 Å². The van der Waals surface area contributed by atoms with Crippen molar-refractivity contribution in [3.05, 3.63) is 57.5 Å². The molecule has 108 valence electrons. The molecule has 2 nitrogen and oxygen atoms in total. The summed E-state index contributed by atoms with van der Waals surface area (Å²) in [5.74, 6) is 1.23. The molecule has 0 N–H and O–H groups in total. The molecule has 1 atom stereocenters. The zero-order valence-electron chi connectivity index (χ0n) is 11.3. The molecule has 0 amide bonds. The number of halogens is 2. The molecule has 0 saturated heterocycles. The highest BCUT2D eigenvalue weighted by molar-refractivity contribution is 7.09. The smallest absolute Gasteiger partial charge is 0.147 e. The van der Waals surface area contributed by atoms with Crippen LogP contribution in [0.15, 0.2) is 41.8 Å². The molecule has 5 heteroatoms. The molecule has 3 rings (SSSR count). The number of hydrogen-bond acceptors (Lipinski definition) is 3. The highest BCUT2D eigenvalue weighted by atomic mass is 35.5. The average Bonchev–Trinajstić information content (AvgIpc) is 2.99. The number of nitrogens with zero attached hydrogens (tertiary/aromatic N) is 1. The van der Waals surface area contributed by atoms with Gasteiger partial charge in [0.25, 0.3) is 0 Å². The maximum absolute atomic E-state index is 6.22. The minimum Gasteiger partial charge on any atom is -0.483 e. The Morgan fingerprint density at radius 3 is 2.67 bits per heavy atom. The van der Waals surface area contributed by atoms with E-state index in [0.717, 1.165) is 32.2 Å². The van der Waals surface area contributed by atoms with Gasteiger partial charge in [-0.15, -0.1) is 22.9 Å². The van der Waals surface area contributed by atoms with E-state index in [9.17, 15) is 0 Å². The molecule has 2 aromatic carbocycles. The second-order valence-corrected chi connectivity index (χ2v) is 6.23. The van der Waals surface area contributed by atoms with Gasteiger partial charge in [0.05, 0.1) is 11.6 Å². The fraction of sp³-hybridized carbons (Fsp3) is 0.188. The zero-order valence-corrected chi connectivity index (χ0v) is 13.7. The Bertz CT molecular complexity index is 772. The predicted octanol–water partition coefficient (Wildman–Crippen LogP) is 5.83. The van der Waals surface area contributed by atoms with E-state index in [-0.39, 0.29) is 6.10 Å². The molecule has 0 spiro atoms. The van der Waals surface area contributed by atoms with Crippen molar-refractivity contribution in [3.63, 3.8) is 0 Å². The first-order chi connectivity index (χ1) is 10.2. The third-order valence-electron chi connectivity index (χ3n) is 3.19. The van der Waals surface area contributed by atoms with Crippen molar-refractivity contribution in [2.24, 2.45) is 0 Å². The number of hydrogen-bond donors (Lipinski definition) is 0. The topological polar surface area (TPSA) is 22.1 Å². The second kappa shape index (κ2) is 6.22. The average molecular weight is 338 g/mol. The first-order valence-corrected chi connectivity index (χ1v) is 8.32.